The average Bonchev–Trinajstić information content (AvgIpc) is 3.19. The van der Waals surface area contributed by atoms with Crippen LogP contribution in [0.2, 0.25) is 10.0 Å². The molecule has 1 heterocycles. The van der Waals surface area contributed by atoms with E-state index in [4.69, 9.17) is 46.4 Å². The first kappa shape index (κ1) is 26.6. The molecular formula is C30H24Cl4N2O3. The Labute approximate surface area is 246 Å². The lowest BCUT2D eigenvalue weighted by atomic mass is 9.54. The second-order valence-corrected chi connectivity index (χ2v) is 12.3. The van der Waals surface area contributed by atoms with Crippen LogP contribution in [-0.4, -0.2) is 29.2 Å². The van der Waals surface area contributed by atoms with Gasteiger partial charge in [-0.1, -0.05) is 78.2 Å². The molecule has 5 nitrogen and oxygen atoms in total. The van der Waals surface area contributed by atoms with E-state index in [0.717, 1.165) is 22.3 Å². The van der Waals surface area contributed by atoms with E-state index in [2.05, 4.69) is 5.32 Å². The van der Waals surface area contributed by atoms with Gasteiger partial charge in [-0.15, -0.1) is 23.2 Å². The van der Waals surface area contributed by atoms with Gasteiger partial charge in [-0.05, 0) is 53.3 Å². The van der Waals surface area contributed by atoms with Gasteiger partial charge >= 0.3 is 0 Å². The molecule has 2 atom stereocenters. The molecule has 3 aromatic carbocycles. The third kappa shape index (κ3) is 3.93. The van der Waals surface area contributed by atoms with Crippen LogP contribution in [0.1, 0.15) is 47.9 Å². The number of carbonyl (C=O) groups excluding carboxylic acids is 3. The molecule has 39 heavy (non-hydrogen) atoms. The van der Waals surface area contributed by atoms with Crippen LogP contribution in [0.5, 0.6) is 0 Å². The Bertz CT molecular complexity index is 1400. The number of likely N-dealkylation sites (tertiary alicyclic amines) is 1. The standard InChI is InChI=1S/C30H24Cl4N2O3/c31-17-13-14-22(32)23(16-17)35-24(37)12-2-1-7-15-36-27(38)25-26(28(36)39)30(34)19-9-4-3-8-18(19)29(25,33)20-10-5-6-11-21(20)30/h3-6,8-11,13-14,16,25-26H,1-2,7,12,15H2,(H,35,37)/t25-,26+,29?,30?. The third-order valence-corrected chi connectivity index (χ3v) is 10.0. The number of nitrogens with zero attached hydrogens (tertiary/aromatic N) is 1. The summed E-state index contributed by atoms with van der Waals surface area (Å²) in [7, 11) is 0. The molecule has 3 aromatic rings. The minimum absolute atomic E-state index is 0.182. The molecule has 200 valence electrons. The molecule has 4 aliphatic rings. The topological polar surface area (TPSA) is 66.5 Å². The fourth-order valence-electron chi connectivity index (χ4n) is 6.48. The van der Waals surface area contributed by atoms with E-state index in [1.54, 1.807) is 18.2 Å². The first-order valence-electron chi connectivity index (χ1n) is 12.9. The molecule has 1 N–H and O–H groups in total. The van der Waals surface area contributed by atoms with Crippen molar-refractivity contribution in [3.8, 4) is 0 Å². The van der Waals surface area contributed by atoms with Gasteiger partial charge in [-0.3, -0.25) is 19.3 Å². The maximum atomic E-state index is 13.8. The summed E-state index contributed by atoms with van der Waals surface area (Å²) in [6.45, 7) is 0.249. The maximum absolute atomic E-state index is 13.8. The Hall–Kier alpha value is -2.57. The van der Waals surface area contributed by atoms with Crippen molar-refractivity contribution in [2.24, 2.45) is 11.8 Å². The molecule has 3 aliphatic carbocycles. The molecule has 0 radical (unpaired) electrons. The highest BCUT2D eigenvalue weighted by atomic mass is 35.5. The highest BCUT2D eigenvalue weighted by Crippen LogP contribution is 2.69. The Morgan fingerprint density at radius 2 is 1.28 bits per heavy atom. The molecule has 1 saturated heterocycles. The number of anilines is 1. The molecule has 0 unspecified atom stereocenters. The Morgan fingerprint density at radius 3 is 1.79 bits per heavy atom. The van der Waals surface area contributed by atoms with Gasteiger partial charge in [-0.25, -0.2) is 0 Å². The van der Waals surface area contributed by atoms with Crippen LogP contribution in [0.3, 0.4) is 0 Å². The third-order valence-electron chi connectivity index (χ3n) is 8.16. The summed E-state index contributed by atoms with van der Waals surface area (Å²) in [5.74, 6) is -2.34. The van der Waals surface area contributed by atoms with Crippen LogP contribution in [0.15, 0.2) is 66.7 Å². The molecule has 1 aliphatic heterocycles. The summed E-state index contributed by atoms with van der Waals surface area (Å²) in [5, 5.41) is 3.66. The maximum Gasteiger partial charge on any atom is 0.235 e. The molecular weight excluding hydrogens is 578 g/mol. The molecule has 7 rings (SSSR count). The number of hydrogen-bond acceptors (Lipinski definition) is 3. The number of halogens is 4. The highest BCUT2D eigenvalue weighted by Gasteiger charge is 2.72. The quantitative estimate of drug-likeness (QED) is 0.179. The predicted molar refractivity (Wildman–Crippen MR) is 153 cm³/mol. The van der Waals surface area contributed by atoms with Gasteiger partial charge in [0.25, 0.3) is 0 Å². The monoisotopic (exact) mass is 600 g/mol. The fraction of sp³-hybridized carbons (Fsp3) is 0.300. The van der Waals surface area contributed by atoms with E-state index in [1.807, 2.05) is 48.5 Å². The number of carbonyl (C=O) groups is 3. The van der Waals surface area contributed by atoms with Gasteiger partial charge in [0.2, 0.25) is 17.7 Å². The molecule has 3 amide bonds. The van der Waals surface area contributed by atoms with Gasteiger partial charge in [0.05, 0.1) is 22.5 Å². The number of nitrogens with one attached hydrogen (secondary N) is 1. The second kappa shape index (κ2) is 9.81. The first-order chi connectivity index (χ1) is 18.7. The summed E-state index contributed by atoms with van der Waals surface area (Å²) in [6.07, 6.45) is 2.08. The summed E-state index contributed by atoms with van der Waals surface area (Å²) < 4.78 is 0. The van der Waals surface area contributed by atoms with Crippen LogP contribution in [0.25, 0.3) is 0 Å². The number of imide groups is 1. The smallest absolute Gasteiger partial charge is 0.235 e. The summed E-state index contributed by atoms with van der Waals surface area (Å²) in [5.41, 5.74) is 3.61. The predicted octanol–water partition coefficient (Wildman–Crippen LogP) is 7.09. The van der Waals surface area contributed by atoms with Crippen molar-refractivity contribution in [1.82, 2.24) is 4.90 Å². The lowest BCUT2D eigenvalue weighted by molar-refractivity contribution is -0.140. The van der Waals surface area contributed by atoms with Crippen molar-refractivity contribution in [2.45, 2.75) is 35.4 Å². The van der Waals surface area contributed by atoms with Crippen LogP contribution in [-0.2, 0) is 24.1 Å². The lowest BCUT2D eigenvalue weighted by Crippen LogP contribution is -2.57. The van der Waals surface area contributed by atoms with Gasteiger partial charge in [0, 0.05) is 18.0 Å². The number of unbranched alkanes of at least 4 members (excludes halogenated alkanes) is 2. The minimum Gasteiger partial charge on any atom is -0.325 e. The van der Waals surface area contributed by atoms with E-state index in [0.29, 0.717) is 35.0 Å². The van der Waals surface area contributed by atoms with Crippen LogP contribution >= 0.6 is 46.4 Å². The van der Waals surface area contributed by atoms with Crippen LogP contribution in [0, 0.1) is 11.8 Å². The van der Waals surface area contributed by atoms with Gasteiger partial charge < -0.3 is 5.32 Å². The fourth-order valence-corrected chi connectivity index (χ4v) is 7.92. The van der Waals surface area contributed by atoms with E-state index in [9.17, 15) is 14.4 Å². The van der Waals surface area contributed by atoms with E-state index < -0.39 is 21.6 Å². The second-order valence-electron chi connectivity index (χ2n) is 10.3. The summed E-state index contributed by atoms with van der Waals surface area (Å²) >= 11 is 27.0. The minimum atomic E-state index is -1.17. The summed E-state index contributed by atoms with van der Waals surface area (Å²) in [6, 6.07) is 20.1. The number of benzene rings is 3. The molecule has 1 fully saturated rings. The SMILES string of the molecule is O=C(CCCCCN1C(=O)[C@@H]2[C@H](C1=O)C1(Cl)c3ccccc3C2(Cl)c2ccccc21)Nc1cc(Cl)ccc1Cl. The number of amides is 3. The lowest BCUT2D eigenvalue weighted by Gasteiger charge is -2.54. The molecule has 0 aromatic heterocycles. The largest absolute Gasteiger partial charge is 0.325 e. The first-order valence-corrected chi connectivity index (χ1v) is 14.4. The zero-order chi connectivity index (χ0) is 27.5. The van der Waals surface area contributed by atoms with Crippen molar-refractivity contribution in [3.05, 3.63) is 99.0 Å². The zero-order valence-electron chi connectivity index (χ0n) is 20.7. The summed E-state index contributed by atoms with van der Waals surface area (Å²) in [4.78, 5) is 39.0. The van der Waals surface area contributed by atoms with Crippen LogP contribution < -0.4 is 5.32 Å². The number of alkyl halides is 2. The molecule has 9 heteroatoms. The van der Waals surface area contributed by atoms with Gasteiger partial charge in [0.15, 0.2) is 0 Å². The highest BCUT2D eigenvalue weighted by molar-refractivity contribution is 6.36. The van der Waals surface area contributed by atoms with Crippen molar-refractivity contribution >= 4 is 69.8 Å². The van der Waals surface area contributed by atoms with E-state index in [1.165, 1.54) is 4.90 Å². The van der Waals surface area contributed by atoms with Gasteiger partial charge in [0.1, 0.15) is 9.75 Å². The number of rotatable bonds is 7. The number of hydrogen-bond donors (Lipinski definition) is 1. The van der Waals surface area contributed by atoms with Crippen molar-refractivity contribution in [1.29, 1.82) is 0 Å². The molecule has 2 bridgehead atoms. The van der Waals surface area contributed by atoms with Gasteiger partial charge in [-0.2, -0.15) is 0 Å². The molecule has 0 spiro atoms. The van der Waals surface area contributed by atoms with E-state index in [-0.39, 0.29) is 30.7 Å². The Morgan fingerprint density at radius 1 is 0.769 bits per heavy atom. The zero-order valence-corrected chi connectivity index (χ0v) is 23.7. The molecule has 0 saturated carbocycles. The Balaban J connectivity index is 1.16. The van der Waals surface area contributed by atoms with E-state index >= 15 is 0 Å². The van der Waals surface area contributed by atoms with Crippen LogP contribution in [0.4, 0.5) is 5.69 Å². The average molecular weight is 602 g/mol. The van der Waals surface area contributed by atoms with Crippen molar-refractivity contribution in [2.75, 3.05) is 11.9 Å². The normalized spacial score (nSPS) is 26.3. The Kier molecular flexibility index (Phi) is 6.70. The van der Waals surface area contributed by atoms with Crippen molar-refractivity contribution < 1.29 is 14.4 Å². The van der Waals surface area contributed by atoms with Crippen molar-refractivity contribution in [3.63, 3.8) is 0 Å².